The van der Waals surface area contributed by atoms with Crippen molar-refractivity contribution in [3.8, 4) is 0 Å². The molecular formula is C30H46O2. The monoisotopic (exact) mass is 438 g/mol. The van der Waals surface area contributed by atoms with Crippen molar-refractivity contribution in [1.82, 2.24) is 0 Å². The molecule has 0 bridgehead atoms. The van der Waals surface area contributed by atoms with E-state index >= 15 is 0 Å². The fourth-order valence-electron chi connectivity index (χ4n) is 7.92. The molecule has 0 heterocycles. The Morgan fingerprint density at radius 1 is 1.00 bits per heavy atom. The molecule has 0 aromatic rings. The highest BCUT2D eigenvalue weighted by molar-refractivity contribution is 5.66. The highest BCUT2D eigenvalue weighted by atomic mass is 16.5. The van der Waals surface area contributed by atoms with E-state index in [9.17, 15) is 4.79 Å². The van der Waals surface area contributed by atoms with Crippen LogP contribution in [0.25, 0.3) is 0 Å². The van der Waals surface area contributed by atoms with Crippen molar-refractivity contribution in [3.63, 3.8) is 0 Å². The summed E-state index contributed by atoms with van der Waals surface area (Å²) in [4.78, 5) is 11.5. The largest absolute Gasteiger partial charge is 0.462 e. The van der Waals surface area contributed by atoms with Gasteiger partial charge in [-0.1, -0.05) is 77.0 Å². The standard InChI is InChI=1S/C30H46O2/c1-19(2)20(3)8-9-21(4)26-12-13-27-25-11-10-23-18-24(32-22(5)31)14-16-29(23,6)28(25)15-17-30(26,27)7/h8-11,19-21,24,26-28H,12-18H2,1-7H3/t20-,21-,24-,26+,27+,28+,29-,30+/m0/s1. The van der Waals surface area contributed by atoms with Crippen LogP contribution in [0.2, 0.25) is 0 Å². The summed E-state index contributed by atoms with van der Waals surface area (Å²) < 4.78 is 5.59. The molecule has 2 nitrogen and oxygen atoms in total. The fraction of sp³-hybridized carbons (Fsp3) is 0.767. The van der Waals surface area contributed by atoms with Gasteiger partial charge in [-0.05, 0) is 84.9 Å². The van der Waals surface area contributed by atoms with Gasteiger partial charge in [0.1, 0.15) is 6.10 Å². The summed E-state index contributed by atoms with van der Waals surface area (Å²) in [5, 5.41) is 0. The van der Waals surface area contributed by atoms with Crippen molar-refractivity contribution >= 4 is 5.97 Å². The quantitative estimate of drug-likeness (QED) is 0.322. The summed E-state index contributed by atoms with van der Waals surface area (Å²) in [7, 11) is 0. The minimum Gasteiger partial charge on any atom is -0.462 e. The van der Waals surface area contributed by atoms with Gasteiger partial charge in [-0.3, -0.25) is 4.79 Å². The summed E-state index contributed by atoms with van der Waals surface area (Å²) >= 11 is 0. The lowest BCUT2D eigenvalue weighted by atomic mass is 9.50. The zero-order valence-corrected chi connectivity index (χ0v) is 21.6. The minimum absolute atomic E-state index is 0.0763. The van der Waals surface area contributed by atoms with Gasteiger partial charge in [0, 0.05) is 13.3 Å². The van der Waals surface area contributed by atoms with Gasteiger partial charge < -0.3 is 4.74 Å². The molecule has 0 aromatic carbocycles. The lowest BCUT2D eigenvalue weighted by Crippen LogP contribution is -2.46. The van der Waals surface area contributed by atoms with Crippen molar-refractivity contribution in [2.45, 2.75) is 99.5 Å². The van der Waals surface area contributed by atoms with Crippen molar-refractivity contribution in [2.24, 2.45) is 46.3 Å². The zero-order valence-electron chi connectivity index (χ0n) is 21.6. The van der Waals surface area contributed by atoms with E-state index in [1.807, 2.05) is 0 Å². The molecule has 0 saturated heterocycles. The van der Waals surface area contributed by atoms with Crippen LogP contribution in [0, 0.1) is 46.3 Å². The molecule has 0 unspecified atom stereocenters. The Morgan fingerprint density at radius 3 is 2.44 bits per heavy atom. The maximum atomic E-state index is 11.5. The molecule has 0 N–H and O–H groups in total. The first-order chi connectivity index (χ1) is 15.1. The number of carbonyl (C=O) groups excluding carboxylic acids is 1. The minimum atomic E-state index is -0.136. The second-order valence-electron chi connectivity index (χ2n) is 12.4. The van der Waals surface area contributed by atoms with E-state index in [0.717, 1.165) is 31.1 Å². The van der Waals surface area contributed by atoms with Crippen LogP contribution in [-0.2, 0) is 9.53 Å². The topological polar surface area (TPSA) is 26.3 Å². The number of fused-ring (bicyclic) bond motifs is 5. The van der Waals surface area contributed by atoms with E-state index in [1.54, 1.807) is 12.5 Å². The van der Waals surface area contributed by atoms with Gasteiger partial charge in [0.15, 0.2) is 0 Å². The molecule has 178 valence electrons. The van der Waals surface area contributed by atoms with Gasteiger partial charge in [0.25, 0.3) is 0 Å². The Kier molecular flexibility index (Phi) is 6.56. The summed E-state index contributed by atoms with van der Waals surface area (Å²) in [6, 6.07) is 0. The molecule has 0 spiro atoms. The van der Waals surface area contributed by atoms with Gasteiger partial charge in [-0.2, -0.15) is 0 Å². The van der Waals surface area contributed by atoms with Crippen LogP contribution in [0.15, 0.2) is 35.5 Å². The normalized spacial score (nSPS) is 40.8. The van der Waals surface area contributed by atoms with Crippen molar-refractivity contribution in [2.75, 3.05) is 0 Å². The first kappa shape index (κ1) is 23.8. The SMILES string of the molecule is CC(=O)O[C@H]1CC[C@@]2(C)C(=CC=C3[C@H]4CC[C@H]([C@@H](C)C=C[C@H](C)C(C)C)[C@@]4(C)CC[C@H]32)C1. The van der Waals surface area contributed by atoms with Crippen LogP contribution < -0.4 is 0 Å². The third-order valence-electron chi connectivity index (χ3n) is 10.3. The van der Waals surface area contributed by atoms with E-state index in [-0.39, 0.29) is 17.5 Å². The highest BCUT2D eigenvalue weighted by Gasteiger charge is 2.56. The lowest BCUT2D eigenvalue weighted by Gasteiger charge is -2.55. The predicted molar refractivity (Wildman–Crippen MR) is 133 cm³/mol. The van der Waals surface area contributed by atoms with E-state index in [0.29, 0.717) is 29.1 Å². The maximum absolute atomic E-state index is 11.5. The van der Waals surface area contributed by atoms with Gasteiger partial charge in [-0.25, -0.2) is 0 Å². The molecule has 0 aromatic heterocycles. The average Bonchev–Trinajstić information content (AvgIpc) is 3.08. The average molecular weight is 439 g/mol. The van der Waals surface area contributed by atoms with E-state index in [4.69, 9.17) is 4.74 Å². The lowest BCUT2D eigenvalue weighted by molar-refractivity contribution is -0.148. The first-order valence-electron chi connectivity index (χ1n) is 13.3. The summed E-state index contributed by atoms with van der Waals surface area (Å²) in [5.74, 6) is 4.11. The van der Waals surface area contributed by atoms with Crippen molar-refractivity contribution in [3.05, 3.63) is 35.5 Å². The summed E-state index contributed by atoms with van der Waals surface area (Å²) in [6.45, 7) is 16.1. The Balaban J connectivity index is 1.54. The zero-order chi connectivity index (χ0) is 23.3. The van der Waals surface area contributed by atoms with Crippen LogP contribution in [-0.4, -0.2) is 12.1 Å². The first-order valence-corrected chi connectivity index (χ1v) is 13.3. The number of allylic oxidation sites excluding steroid dienone is 5. The number of rotatable bonds is 5. The third kappa shape index (κ3) is 4.05. The Hall–Kier alpha value is -1.31. The Bertz CT molecular complexity index is 817. The molecule has 2 heteroatoms. The van der Waals surface area contributed by atoms with Crippen LogP contribution in [0.5, 0.6) is 0 Å². The summed E-state index contributed by atoms with van der Waals surface area (Å²) in [5.41, 5.74) is 3.98. The van der Waals surface area contributed by atoms with Crippen molar-refractivity contribution in [1.29, 1.82) is 0 Å². The number of hydrogen-bond acceptors (Lipinski definition) is 2. The van der Waals surface area contributed by atoms with Gasteiger partial charge in [0.2, 0.25) is 0 Å². The van der Waals surface area contributed by atoms with Crippen molar-refractivity contribution < 1.29 is 9.53 Å². The van der Waals surface area contributed by atoms with Crippen LogP contribution in [0.1, 0.15) is 93.4 Å². The molecule has 4 aliphatic carbocycles. The molecule has 3 saturated carbocycles. The molecule has 0 aliphatic heterocycles. The number of ether oxygens (including phenoxy) is 1. The van der Waals surface area contributed by atoms with E-state index in [2.05, 4.69) is 65.8 Å². The van der Waals surface area contributed by atoms with E-state index in [1.165, 1.54) is 31.3 Å². The molecule has 3 fully saturated rings. The fourth-order valence-corrected chi connectivity index (χ4v) is 7.92. The molecule has 8 atom stereocenters. The molecule has 4 rings (SSSR count). The van der Waals surface area contributed by atoms with E-state index < -0.39 is 0 Å². The second-order valence-corrected chi connectivity index (χ2v) is 12.4. The van der Waals surface area contributed by atoms with Gasteiger partial charge in [-0.15, -0.1) is 0 Å². The number of hydrogen-bond donors (Lipinski definition) is 0. The molecular weight excluding hydrogens is 392 g/mol. The van der Waals surface area contributed by atoms with Crippen LogP contribution in [0.4, 0.5) is 0 Å². The van der Waals surface area contributed by atoms with Crippen LogP contribution >= 0.6 is 0 Å². The molecule has 4 aliphatic rings. The second kappa shape index (κ2) is 8.80. The smallest absolute Gasteiger partial charge is 0.302 e. The molecule has 32 heavy (non-hydrogen) atoms. The maximum Gasteiger partial charge on any atom is 0.302 e. The highest BCUT2D eigenvalue weighted by Crippen LogP contribution is 2.66. The Morgan fingerprint density at radius 2 is 1.75 bits per heavy atom. The number of esters is 1. The van der Waals surface area contributed by atoms with Crippen LogP contribution in [0.3, 0.4) is 0 Å². The van der Waals surface area contributed by atoms with Gasteiger partial charge >= 0.3 is 5.97 Å². The predicted octanol–water partition coefficient (Wildman–Crippen LogP) is 7.90. The van der Waals surface area contributed by atoms with Gasteiger partial charge in [0.05, 0.1) is 0 Å². The number of carbonyl (C=O) groups is 1. The molecule has 0 radical (unpaired) electrons. The third-order valence-corrected chi connectivity index (χ3v) is 10.3. The summed E-state index contributed by atoms with van der Waals surface area (Å²) in [6.07, 6.45) is 18.5. The Labute approximate surface area is 197 Å². The molecule has 0 amide bonds.